The Balaban J connectivity index is 2.93. The first-order valence-electron chi connectivity index (χ1n) is 4.81. The highest BCUT2D eigenvalue weighted by molar-refractivity contribution is 6.19. The average molecular weight is 261 g/mol. The third-order valence-corrected chi connectivity index (χ3v) is 1.98. The third-order valence-electron chi connectivity index (χ3n) is 1.84. The molecule has 1 aromatic carbocycles. The molecule has 0 heterocycles. The highest BCUT2D eigenvalue weighted by atomic mass is 35.5. The lowest BCUT2D eigenvalue weighted by molar-refractivity contribution is 0.0817. The molecule has 1 rings (SSSR count). The van der Waals surface area contributed by atoms with Gasteiger partial charge in [0.2, 0.25) is 0 Å². The molecule has 0 aromatic heterocycles. The smallest absolute Gasteiger partial charge is 0.272 e. The van der Waals surface area contributed by atoms with Crippen molar-refractivity contribution in [1.29, 1.82) is 0 Å². The van der Waals surface area contributed by atoms with Gasteiger partial charge in [-0.2, -0.15) is 0 Å². The summed E-state index contributed by atoms with van der Waals surface area (Å²) in [7, 11) is 1.51. The van der Waals surface area contributed by atoms with E-state index < -0.39 is 13.0 Å². The van der Waals surface area contributed by atoms with E-state index in [2.05, 4.69) is 11.8 Å². The molecular weight excluding hydrogens is 250 g/mol. The van der Waals surface area contributed by atoms with Gasteiger partial charge in [-0.1, -0.05) is 11.8 Å². The zero-order chi connectivity index (χ0) is 12.7. The van der Waals surface area contributed by atoms with Crippen molar-refractivity contribution in [3.05, 3.63) is 23.8 Å². The molecule has 0 aliphatic rings. The van der Waals surface area contributed by atoms with Crippen LogP contribution >= 0.6 is 11.6 Å². The molecule has 17 heavy (non-hydrogen) atoms. The van der Waals surface area contributed by atoms with Crippen molar-refractivity contribution >= 4 is 11.6 Å². The fraction of sp³-hybridized carbons (Fsp3) is 0.333. The molecule has 0 amide bonds. The Morgan fingerprint density at radius 3 is 2.76 bits per heavy atom. The van der Waals surface area contributed by atoms with E-state index in [1.165, 1.54) is 7.11 Å². The number of methoxy groups -OCH3 is 1. The molecule has 0 bridgehead atoms. The van der Waals surface area contributed by atoms with Crippen molar-refractivity contribution < 1.29 is 18.3 Å². The Bertz CT molecular complexity index is 424. The van der Waals surface area contributed by atoms with E-state index in [9.17, 15) is 8.78 Å². The Labute approximate surface area is 103 Å². The van der Waals surface area contributed by atoms with Crippen molar-refractivity contribution in [3.8, 4) is 23.3 Å². The van der Waals surface area contributed by atoms with Gasteiger partial charge in [0.15, 0.2) is 0 Å². The standard InChI is InChI=1S/C12H11ClF2O2/c1-16-10-4-5-11(17-8-12(14)15)9(7-10)3-2-6-13/h4-5,7,12H,6,8H2,1H3. The zero-order valence-electron chi connectivity index (χ0n) is 9.17. The van der Waals surface area contributed by atoms with Gasteiger partial charge in [-0.15, -0.1) is 11.6 Å². The molecule has 0 aliphatic carbocycles. The predicted molar refractivity (Wildman–Crippen MR) is 62.1 cm³/mol. The summed E-state index contributed by atoms with van der Waals surface area (Å²) in [4.78, 5) is 0. The maximum Gasteiger partial charge on any atom is 0.272 e. The number of halogens is 3. The van der Waals surface area contributed by atoms with Gasteiger partial charge in [0, 0.05) is 0 Å². The van der Waals surface area contributed by atoms with Crippen molar-refractivity contribution in [2.75, 3.05) is 19.6 Å². The summed E-state index contributed by atoms with van der Waals surface area (Å²) in [5.74, 6) is 6.40. The van der Waals surface area contributed by atoms with Crippen LogP contribution in [0.25, 0.3) is 0 Å². The summed E-state index contributed by atoms with van der Waals surface area (Å²) >= 11 is 5.44. The lowest BCUT2D eigenvalue weighted by Gasteiger charge is -2.09. The monoisotopic (exact) mass is 260 g/mol. The fourth-order valence-corrected chi connectivity index (χ4v) is 1.21. The van der Waals surface area contributed by atoms with Crippen LogP contribution < -0.4 is 9.47 Å². The van der Waals surface area contributed by atoms with Gasteiger partial charge in [0.1, 0.15) is 18.1 Å². The molecule has 0 unspecified atom stereocenters. The van der Waals surface area contributed by atoms with Gasteiger partial charge in [0.05, 0.1) is 18.6 Å². The van der Waals surface area contributed by atoms with E-state index in [1.54, 1.807) is 18.2 Å². The van der Waals surface area contributed by atoms with E-state index >= 15 is 0 Å². The van der Waals surface area contributed by atoms with Crippen molar-refractivity contribution in [1.82, 2.24) is 0 Å². The van der Waals surface area contributed by atoms with Crippen LogP contribution in [0.15, 0.2) is 18.2 Å². The lowest BCUT2D eigenvalue weighted by atomic mass is 10.2. The normalized spacial score (nSPS) is 9.71. The first kappa shape index (κ1) is 13.6. The molecule has 0 aliphatic heterocycles. The Kier molecular flexibility index (Phi) is 5.58. The summed E-state index contributed by atoms with van der Waals surface area (Å²) in [5.41, 5.74) is 0.477. The summed E-state index contributed by atoms with van der Waals surface area (Å²) in [6.07, 6.45) is -2.52. The summed E-state index contributed by atoms with van der Waals surface area (Å²) in [5, 5.41) is 0. The maximum atomic E-state index is 12.0. The average Bonchev–Trinajstić information content (AvgIpc) is 2.34. The van der Waals surface area contributed by atoms with Gasteiger partial charge in [0.25, 0.3) is 6.43 Å². The van der Waals surface area contributed by atoms with E-state index in [4.69, 9.17) is 21.1 Å². The quantitative estimate of drug-likeness (QED) is 0.612. The van der Waals surface area contributed by atoms with E-state index in [0.29, 0.717) is 17.1 Å². The highest BCUT2D eigenvalue weighted by Crippen LogP contribution is 2.23. The number of benzene rings is 1. The second kappa shape index (κ2) is 6.97. The Hall–Kier alpha value is -1.47. The first-order chi connectivity index (χ1) is 8.17. The van der Waals surface area contributed by atoms with Crippen LogP contribution in [0.1, 0.15) is 5.56 Å². The van der Waals surface area contributed by atoms with Crippen LogP contribution in [0.5, 0.6) is 11.5 Å². The molecule has 0 radical (unpaired) electrons. The minimum atomic E-state index is -2.52. The molecule has 1 aromatic rings. The molecule has 92 valence electrons. The first-order valence-corrected chi connectivity index (χ1v) is 5.34. The van der Waals surface area contributed by atoms with Crippen molar-refractivity contribution in [2.45, 2.75) is 6.43 Å². The van der Waals surface area contributed by atoms with Crippen molar-refractivity contribution in [3.63, 3.8) is 0 Å². The van der Waals surface area contributed by atoms with Gasteiger partial charge < -0.3 is 9.47 Å². The molecular formula is C12H11ClF2O2. The maximum absolute atomic E-state index is 12.0. The van der Waals surface area contributed by atoms with Gasteiger partial charge >= 0.3 is 0 Å². The van der Waals surface area contributed by atoms with E-state index in [0.717, 1.165) is 0 Å². The van der Waals surface area contributed by atoms with Gasteiger partial charge in [-0.3, -0.25) is 0 Å². The summed E-state index contributed by atoms with van der Waals surface area (Å²) in [6, 6.07) is 4.77. The minimum Gasteiger partial charge on any atom is -0.497 e. The van der Waals surface area contributed by atoms with Crippen LogP contribution in [0.2, 0.25) is 0 Å². The fourth-order valence-electron chi connectivity index (χ4n) is 1.14. The second-order valence-electron chi connectivity index (χ2n) is 3.00. The third kappa shape index (κ3) is 4.49. The number of alkyl halides is 3. The number of hydrogen-bond acceptors (Lipinski definition) is 2. The molecule has 0 saturated heterocycles. The summed E-state index contributed by atoms with van der Waals surface area (Å²) in [6.45, 7) is -0.665. The van der Waals surface area contributed by atoms with Crippen LogP contribution in [0.4, 0.5) is 8.78 Å². The largest absolute Gasteiger partial charge is 0.497 e. The molecule has 5 heteroatoms. The molecule has 0 spiro atoms. The SMILES string of the molecule is COc1ccc(OCC(F)F)c(C#CCCl)c1. The Morgan fingerprint density at radius 1 is 1.41 bits per heavy atom. The van der Waals surface area contributed by atoms with E-state index in [1.807, 2.05) is 0 Å². The predicted octanol–water partition coefficient (Wildman–Crippen LogP) is 2.93. The molecule has 0 saturated carbocycles. The van der Waals surface area contributed by atoms with Gasteiger partial charge in [-0.05, 0) is 18.2 Å². The zero-order valence-corrected chi connectivity index (χ0v) is 9.93. The highest BCUT2D eigenvalue weighted by Gasteiger charge is 2.07. The van der Waals surface area contributed by atoms with E-state index in [-0.39, 0.29) is 5.88 Å². The Morgan fingerprint density at radius 2 is 2.18 bits per heavy atom. The minimum absolute atomic E-state index is 0.158. The van der Waals surface area contributed by atoms with Crippen LogP contribution in [-0.4, -0.2) is 26.0 Å². The molecule has 2 nitrogen and oxygen atoms in total. The van der Waals surface area contributed by atoms with Crippen molar-refractivity contribution in [2.24, 2.45) is 0 Å². The second-order valence-corrected chi connectivity index (χ2v) is 3.27. The van der Waals surface area contributed by atoms with Gasteiger partial charge in [-0.25, -0.2) is 8.78 Å². The van der Waals surface area contributed by atoms with Crippen LogP contribution in [0.3, 0.4) is 0 Å². The van der Waals surface area contributed by atoms with Crippen LogP contribution in [0, 0.1) is 11.8 Å². The van der Waals surface area contributed by atoms with Crippen LogP contribution in [-0.2, 0) is 0 Å². The molecule has 0 atom stereocenters. The number of hydrogen-bond donors (Lipinski definition) is 0. The molecule has 0 fully saturated rings. The number of ether oxygens (including phenoxy) is 2. The molecule has 0 N–H and O–H groups in total. The lowest BCUT2D eigenvalue weighted by Crippen LogP contribution is -2.07. The number of rotatable bonds is 4. The topological polar surface area (TPSA) is 18.5 Å². The summed E-state index contributed by atoms with van der Waals surface area (Å²) < 4.78 is 34.0.